The highest BCUT2D eigenvalue weighted by molar-refractivity contribution is 5.94. The molecule has 1 aliphatic carbocycles. The predicted octanol–water partition coefficient (Wildman–Crippen LogP) is 4.00. The third-order valence-electron chi connectivity index (χ3n) is 5.91. The van der Waals surface area contributed by atoms with E-state index in [1.165, 1.54) is 25.3 Å². The molecule has 9 heteroatoms. The molecule has 1 aliphatic rings. The first-order valence-corrected chi connectivity index (χ1v) is 10.7. The van der Waals surface area contributed by atoms with Crippen molar-refractivity contribution in [1.82, 2.24) is 19.8 Å². The maximum absolute atomic E-state index is 14.5. The summed E-state index contributed by atoms with van der Waals surface area (Å²) in [6.07, 6.45) is 4.81. The lowest BCUT2D eigenvalue weighted by Gasteiger charge is -2.34. The van der Waals surface area contributed by atoms with E-state index >= 15 is 0 Å². The zero-order chi connectivity index (χ0) is 22.8. The summed E-state index contributed by atoms with van der Waals surface area (Å²) in [4.78, 5) is 28.4. The van der Waals surface area contributed by atoms with E-state index in [1.54, 1.807) is 4.90 Å². The third-order valence-corrected chi connectivity index (χ3v) is 5.91. The predicted molar refractivity (Wildman–Crippen MR) is 118 cm³/mol. The van der Waals surface area contributed by atoms with Gasteiger partial charge < -0.3 is 4.74 Å². The van der Waals surface area contributed by atoms with Gasteiger partial charge in [-0.3, -0.25) is 4.90 Å². The van der Waals surface area contributed by atoms with Crippen molar-refractivity contribution in [2.75, 3.05) is 12.0 Å². The van der Waals surface area contributed by atoms with E-state index in [1.807, 2.05) is 32.0 Å². The van der Waals surface area contributed by atoms with Gasteiger partial charge in [0.1, 0.15) is 11.4 Å². The summed E-state index contributed by atoms with van der Waals surface area (Å²) in [5.41, 5.74) is 1.63. The largest absolute Gasteiger partial charge is 0.494 e. The minimum atomic E-state index is -0.857. The summed E-state index contributed by atoms with van der Waals surface area (Å²) in [5, 5.41) is 7.59. The first-order valence-electron chi connectivity index (χ1n) is 10.7. The number of methoxy groups -OCH3 is 1. The van der Waals surface area contributed by atoms with Crippen LogP contribution in [0.1, 0.15) is 43.2 Å². The zero-order valence-electron chi connectivity index (χ0n) is 18.4. The Balaban J connectivity index is 1.81. The van der Waals surface area contributed by atoms with Crippen LogP contribution in [0.5, 0.6) is 5.75 Å². The van der Waals surface area contributed by atoms with Crippen LogP contribution in [0, 0.1) is 19.7 Å². The molecule has 1 amide bonds. The van der Waals surface area contributed by atoms with E-state index in [2.05, 4.69) is 10.4 Å². The van der Waals surface area contributed by atoms with E-state index < -0.39 is 17.5 Å². The highest BCUT2D eigenvalue weighted by Crippen LogP contribution is 2.31. The number of benzene rings is 2. The van der Waals surface area contributed by atoms with E-state index in [0.717, 1.165) is 53.6 Å². The normalized spacial score (nSPS) is 14.4. The molecule has 168 valence electrons. The highest BCUT2D eigenvalue weighted by atomic mass is 19.1. The van der Waals surface area contributed by atoms with Crippen LogP contribution in [0.25, 0.3) is 5.69 Å². The van der Waals surface area contributed by atoms with Gasteiger partial charge in [0.05, 0.1) is 7.11 Å². The fourth-order valence-corrected chi connectivity index (χ4v) is 4.25. The molecule has 0 aliphatic heterocycles. The molecule has 0 N–H and O–H groups in total. The molecule has 0 unspecified atom stereocenters. The number of amides is 1. The molecule has 0 atom stereocenters. The molecule has 8 nitrogen and oxygen atoms in total. The average molecular weight is 439 g/mol. The number of aryl methyl sites for hydroxylation is 2. The molecular weight excluding hydrogens is 413 g/mol. The van der Waals surface area contributed by atoms with Crippen molar-refractivity contribution in [3.63, 3.8) is 0 Å². The number of para-hydroxylation sites is 1. The van der Waals surface area contributed by atoms with Gasteiger partial charge in [-0.25, -0.2) is 14.0 Å². The van der Waals surface area contributed by atoms with Crippen molar-refractivity contribution in [3.05, 3.63) is 63.8 Å². The minimum Gasteiger partial charge on any atom is -0.494 e. The first kappa shape index (κ1) is 21.7. The van der Waals surface area contributed by atoms with Gasteiger partial charge in [-0.05, 0) is 66.4 Å². The Hall–Kier alpha value is -3.49. The summed E-state index contributed by atoms with van der Waals surface area (Å²) in [6, 6.07) is 9.38. The third kappa shape index (κ3) is 3.90. The lowest BCUT2D eigenvalue weighted by Crippen LogP contribution is -2.47. The summed E-state index contributed by atoms with van der Waals surface area (Å²) in [5.74, 6) is -0.588. The van der Waals surface area contributed by atoms with Crippen molar-refractivity contribution < 1.29 is 13.9 Å². The van der Waals surface area contributed by atoms with E-state index in [0.29, 0.717) is 4.68 Å². The Morgan fingerprint density at radius 3 is 2.59 bits per heavy atom. The number of rotatable bonds is 4. The van der Waals surface area contributed by atoms with Crippen LogP contribution in [0.4, 0.5) is 14.9 Å². The Morgan fingerprint density at radius 2 is 1.88 bits per heavy atom. The number of tetrazole rings is 1. The van der Waals surface area contributed by atoms with Crippen molar-refractivity contribution in [3.8, 4) is 11.4 Å². The Kier molecular flexibility index (Phi) is 6.07. The number of hydrogen-bond acceptors (Lipinski definition) is 5. The smallest absolute Gasteiger partial charge is 0.377 e. The molecule has 1 aromatic heterocycles. The number of nitrogens with zero attached hydrogens (tertiary/aromatic N) is 5. The Morgan fingerprint density at radius 1 is 1.12 bits per heavy atom. The summed E-state index contributed by atoms with van der Waals surface area (Å²) >= 11 is 0. The van der Waals surface area contributed by atoms with Crippen LogP contribution in [0.15, 0.2) is 41.2 Å². The van der Waals surface area contributed by atoms with Gasteiger partial charge in [0, 0.05) is 11.7 Å². The second kappa shape index (κ2) is 8.94. The van der Waals surface area contributed by atoms with Gasteiger partial charge in [-0.2, -0.15) is 4.68 Å². The molecule has 0 bridgehead atoms. The molecule has 0 radical (unpaired) electrons. The van der Waals surface area contributed by atoms with Crippen molar-refractivity contribution in [2.24, 2.45) is 0 Å². The SMILES string of the molecule is COc1cccc(F)c1-n1nnn(C(=O)N(c2cc(C)ccc2C)C2CCCCC2)c1=O. The molecule has 3 aromatic rings. The fourth-order valence-electron chi connectivity index (χ4n) is 4.25. The van der Waals surface area contributed by atoms with Crippen molar-refractivity contribution in [2.45, 2.75) is 52.0 Å². The van der Waals surface area contributed by atoms with E-state index in [4.69, 9.17) is 4.74 Å². The number of halogens is 1. The number of carbonyl (C=O) groups is 1. The van der Waals surface area contributed by atoms with Gasteiger partial charge in [-0.1, -0.05) is 37.5 Å². The monoisotopic (exact) mass is 439 g/mol. The van der Waals surface area contributed by atoms with E-state index in [-0.39, 0.29) is 17.5 Å². The second-order valence-electron chi connectivity index (χ2n) is 8.11. The van der Waals surface area contributed by atoms with Crippen LogP contribution in [-0.2, 0) is 0 Å². The number of aromatic nitrogens is 4. The molecule has 1 saturated carbocycles. The summed E-state index contributed by atoms with van der Waals surface area (Å²) in [7, 11) is 1.37. The highest BCUT2D eigenvalue weighted by Gasteiger charge is 2.32. The molecule has 1 heterocycles. The van der Waals surface area contributed by atoms with Crippen molar-refractivity contribution in [1.29, 1.82) is 0 Å². The van der Waals surface area contributed by atoms with Gasteiger partial charge in [0.25, 0.3) is 0 Å². The Bertz CT molecular complexity index is 1200. The maximum Gasteiger partial charge on any atom is 0.377 e. The van der Waals surface area contributed by atoms with Crippen LogP contribution >= 0.6 is 0 Å². The van der Waals surface area contributed by atoms with Crippen LogP contribution in [0.2, 0.25) is 0 Å². The van der Waals surface area contributed by atoms with Crippen LogP contribution in [0.3, 0.4) is 0 Å². The van der Waals surface area contributed by atoms with Gasteiger partial charge in [0.15, 0.2) is 5.82 Å². The number of hydrogen-bond donors (Lipinski definition) is 0. The lowest BCUT2D eigenvalue weighted by atomic mass is 9.93. The summed E-state index contributed by atoms with van der Waals surface area (Å²) in [6.45, 7) is 3.89. The number of carbonyl (C=O) groups excluding carboxylic acids is 1. The fraction of sp³-hybridized carbons (Fsp3) is 0.391. The molecule has 32 heavy (non-hydrogen) atoms. The van der Waals surface area contributed by atoms with Gasteiger partial charge in [0.2, 0.25) is 0 Å². The van der Waals surface area contributed by atoms with Crippen molar-refractivity contribution >= 4 is 11.7 Å². The van der Waals surface area contributed by atoms with E-state index in [9.17, 15) is 14.0 Å². The topological polar surface area (TPSA) is 82.2 Å². The molecule has 4 rings (SSSR count). The van der Waals surface area contributed by atoms with Gasteiger partial charge >= 0.3 is 11.7 Å². The average Bonchev–Trinajstić information content (AvgIpc) is 3.17. The second-order valence-corrected chi connectivity index (χ2v) is 8.11. The quantitative estimate of drug-likeness (QED) is 0.574. The molecule has 1 fully saturated rings. The van der Waals surface area contributed by atoms with Crippen LogP contribution < -0.4 is 15.3 Å². The standard InChI is InChI=1S/C23H26FN5O3/c1-15-12-13-16(2)19(14-15)27(17-8-5-4-6-9-17)22(30)29-23(31)28(25-26-29)21-18(24)10-7-11-20(21)32-3/h7,10-14,17H,4-6,8-9H2,1-3H3. The first-order chi connectivity index (χ1) is 15.4. The number of anilines is 1. The molecule has 0 spiro atoms. The van der Waals surface area contributed by atoms with Crippen LogP contribution in [-0.4, -0.2) is 39.0 Å². The van der Waals surface area contributed by atoms with Gasteiger partial charge in [-0.15, -0.1) is 4.68 Å². The molecule has 0 saturated heterocycles. The zero-order valence-corrected chi connectivity index (χ0v) is 18.4. The maximum atomic E-state index is 14.5. The Labute approximate surface area is 185 Å². The molecule has 2 aromatic carbocycles. The minimum absolute atomic E-state index is 0.0585. The molecular formula is C23H26FN5O3. The summed E-state index contributed by atoms with van der Waals surface area (Å²) < 4.78 is 21.1. The lowest BCUT2D eigenvalue weighted by molar-refractivity contribution is 0.238. The number of ether oxygens (including phenoxy) is 1.